The van der Waals surface area contributed by atoms with E-state index in [4.69, 9.17) is 4.74 Å². The number of hydrogen-bond donors (Lipinski definition) is 2. The first-order chi connectivity index (χ1) is 10.3. The monoisotopic (exact) mass is 291 g/mol. The normalized spacial score (nSPS) is 17.2. The van der Waals surface area contributed by atoms with Gasteiger partial charge in [0.2, 0.25) is 5.91 Å². The minimum atomic E-state index is -0.0536. The molecule has 0 radical (unpaired) electrons. The van der Waals surface area contributed by atoms with Gasteiger partial charge in [0.1, 0.15) is 5.75 Å². The lowest BCUT2D eigenvalue weighted by molar-refractivity contribution is -0.126. The molecule has 1 unspecified atom stereocenters. The Morgan fingerprint density at radius 2 is 2.05 bits per heavy atom. The Morgan fingerprint density at radius 1 is 1.33 bits per heavy atom. The molecule has 1 amide bonds. The van der Waals surface area contributed by atoms with Crippen LogP contribution >= 0.6 is 0 Å². The predicted octanol–water partition coefficient (Wildman–Crippen LogP) is 0.865. The molecule has 1 saturated heterocycles. The third-order valence-electron chi connectivity index (χ3n) is 3.71. The van der Waals surface area contributed by atoms with Gasteiger partial charge in [-0.05, 0) is 25.5 Å². The van der Waals surface area contributed by atoms with E-state index in [2.05, 4.69) is 15.5 Å². The number of nitrogens with one attached hydrogen (secondary N) is 2. The van der Waals surface area contributed by atoms with E-state index in [1.54, 1.807) is 0 Å². The maximum absolute atomic E-state index is 12.1. The average molecular weight is 291 g/mol. The number of hydrogen-bond acceptors (Lipinski definition) is 4. The second-order valence-electron chi connectivity index (χ2n) is 5.27. The Morgan fingerprint density at radius 3 is 2.76 bits per heavy atom. The molecular formula is C16H25N3O2. The second-order valence-corrected chi connectivity index (χ2v) is 5.27. The van der Waals surface area contributed by atoms with Crippen molar-refractivity contribution in [2.45, 2.75) is 19.4 Å². The molecule has 0 spiro atoms. The van der Waals surface area contributed by atoms with Crippen LogP contribution < -0.4 is 15.4 Å². The molecule has 0 bridgehead atoms. The zero-order chi connectivity index (χ0) is 14.9. The summed E-state index contributed by atoms with van der Waals surface area (Å²) in [5, 5.41) is 6.28. The van der Waals surface area contributed by atoms with Crippen LogP contribution in [0, 0.1) is 0 Å². The molecule has 116 valence electrons. The summed E-state index contributed by atoms with van der Waals surface area (Å²) < 4.78 is 5.59. The number of piperazine rings is 1. The van der Waals surface area contributed by atoms with Crippen LogP contribution in [-0.2, 0) is 4.79 Å². The van der Waals surface area contributed by atoms with Gasteiger partial charge in [-0.1, -0.05) is 18.2 Å². The van der Waals surface area contributed by atoms with Crippen molar-refractivity contribution in [2.75, 3.05) is 39.3 Å². The summed E-state index contributed by atoms with van der Waals surface area (Å²) in [5.41, 5.74) is 0. The maximum atomic E-state index is 12.1. The van der Waals surface area contributed by atoms with Gasteiger partial charge in [-0.2, -0.15) is 0 Å². The number of carbonyl (C=O) groups is 1. The highest BCUT2D eigenvalue weighted by atomic mass is 16.5. The Kier molecular flexibility index (Phi) is 6.50. The van der Waals surface area contributed by atoms with Crippen LogP contribution in [0.4, 0.5) is 0 Å². The number of rotatable bonds is 7. The molecule has 1 fully saturated rings. The number of nitrogens with zero attached hydrogens (tertiary/aromatic N) is 1. The summed E-state index contributed by atoms with van der Waals surface area (Å²) in [6.45, 7) is 7.04. The van der Waals surface area contributed by atoms with Crippen LogP contribution in [-0.4, -0.2) is 56.2 Å². The van der Waals surface area contributed by atoms with Crippen LogP contribution in [0.2, 0.25) is 0 Å². The first-order valence-corrected chi connectivity index (χ1v) is 7.67. The van der Waals surface area contributed by atoms with Gasteiger partial charge in [0.15, 0.2) is 0 Å². The highest BCUT2D eigenvalue weighted by Crippen LogP contribution is 2.08. The molecule has 1 aliphatic heterocycles. The fourth-order valence-electron chi connectivity index (χ4n) is 2.37. The zero-order valence-electron chi connectivity index (χ0n) is 12.7. The summed E-state index contributed by atoms with van der Waals surface area (Å²) in [6, 6.07) is 9.68. The smallest absolute Gasteiger partial charge is 0.237 e. The van der Waals surface area contributed by atoms with Crippen molar-refractivity contribution in [3.8, 4) is 5.75 Å². The summed E-state index contributed by atoms with van der Waals surface area (Å²) in [7, 11) is 0. The number of amides is 1. The van der Waals surface area contributed by atoms with Crippen molar-refractivity contribution < 1.29 is 9.53 Å². The van der Waals surface area contributed by atoms with Gasteiger partial charge < -0.3 is 15.4 Å². The lowest BCUT2D eigenvalue weighted by atomic mass is 10.2. The van der Waals surface area contributed by atoms with E-state index in [-0.39, 0.29) is 11.9 Å². The quantitative estimate of drug-likeness (QED) is 0.732. The molecule has 1 aromatic rings. The molecule has 0 aliphatic carbocycles. The number of carbonyl (C=O) groups excluding carboxylic acids is 1. The summed E-state index contributed by atoms with van der Waals surface area (Å²) in [6.07, 6.45) is 0.814. The molecule has 0 aromatic heterocycles. The Labute approximate surface area is 126 Å². The van der Waals surface area contributed by atoms with Gasteiger partial charge in [0, 0.05) is 32.7 Å². The van der Waals surface area contributed by atoms with Crippen LogP contribution in [0.3, 0.4) is 0 Å². The van der Waals surface area contributed by atoms with Gasteiger partial charge >= 0.3 is 0 Å². The number of benzene rings is 1. The first-order valence-electron chi connectivity index (χ1n) is 7.67. The van der Waals surface area contributed by atoms with Crippen molar-refractivity contribution in [1.29, 1.82) is 0 Å². The first kappa shape index (κ1) is 15.8. The molecule has 0 saturated carbocycles. The molecule has 1 aromatic carbocycles. The van der Waals surface area contributed by atoms with Crippen LogP contribution in [0.5, 0.6) is 5.75 Å². The third kappa shape index (κ3) is 5.36. The van der Waals surface area contributed by atoms with E-state index in [0.717, 1.165) is 38.3 Å². The fourth-order valence-corrected chi connectivity index (χ4v) is 2.37. The lowest BCUT2D eigenvalue weighted by Crippen LogP contribution is -2.52. The van der Waals surface area contributed by atoms with E-state index in [1.165, 1.54) is 0 Å². The van der Waals surface area contributed by atoms with Gasteiger partial charge in [0.05, 0.1) is 12.6 Å². The fraction of sp³-hybridized carbons (Fsp3) is 0.562. The van der Waals surface area contributed by atoms with Gasteiger partial charge in [-0.25, -0.2) is 0 Å². The lowest BCUT2D eigenvalue weighted by Gasteiger charge is -2.31. The van der Waals surface area contributed by atoms with Crippen molar-refractivity contribution in [2.24, 2.45) is 0 Å². The molecule has 2 N–H and O–H groups in total. The van der Waals surface area contributed by atoms with E-state index in [1.807, 2.05) is 37.3 Å². The highest BCUT2D eigenvalue weighted by molar-refractivity contribution is 5.81. The Hall–Kier alpha value is -1.59. The molecule has 5 heteroatoms. The minimum absolute atomic E-state index is 0.0536. The zero-order valence-corrected chi connectivity index (χ0v) is 12.7. The van der Waals surface area contributed by atoms with Gasteiger partial charge in [-0.3, -0.25) is 9.69 Å². The van der Waals surface area contributed by atoms with Crippen molar-refractivity contribution in [3.05, 3.63) is 30.3 Å². The highest BCUT2D eigenvalue weighted by Gasteiger charge is 2.21. The third-order valence-corrected chi connectivity index (χ3v) is 3.71. The van der Waals surface area contributed by atoms with Crippen LogP contribution in [0.15, 0.2) is 30.3 Å². The Bertz CT molecular complexity index is 419. The average Bonchev–Trinajstić information content (AvgIpc) is 2.55. The number of para-hydroxylation sites is 1. The minimum Gasteiger partial charge on any atom is -0.494 e. The van der Waals surface area contributed by atoms with Crippen molar-refractivity contribution in [3.63, 3.8) is 0 Å². The molecule has 21 heavy (non-hydrogen) atoms. The predicted molar refractivity (Wildman–Crippen MR) is 83.5 cm³/mol. The molecule has 1 aliphatic rings. The number of ether oxygens (including phenoxy) is 1. The topological polar surface area (TPSA) is 53.6 Å². The van der Waals surface area contributed by atoms with E-state index >= 15 is 0 Å². The van der Waals surface area contributed by atoms with Crippen molar-refractivity contribution in [1.82, 2.24) is 15.5 Å². The van der Waals surface area contributed by atoms with E-state index in [9.17, 15) is 4.79 Å². The molecule has 5 nitrogen and oxygen atoms in total. The van der Waals surface area contributed by atoms with Gasteiger partial charge in [0.25, 0.3) is 0 Å². The largest absolute Gasteiger partial charge is 0.494 e. The Balaban J connectivity index is 1.58. The van der Waals surface area contributed by atoms with Crippen LogP contribution in [0.25, 0.3) is 0 Å². The maximum Gasteiger partial charge on any atom is 0.237 e. The van der Waals surface area contributed by atoms with Crippen molar-refractivity contribution >= 4 is 5.91 Å². The van der Waals surface area contributed by atoms with Gasteiger partial charge in [-0.15, -0.1) is 0 Å². The summed E-state index contributed by atoms with van der Waals surface area (Å²) in [4.78, 5) is 14.3. The molecule has 1 heterocycles. The summed E-state index contributed by atoms with van der Waals surface area (Å²) in [5.74, 6) is 0.981. The standard InChI is InChI=1S/C16H25N3O2/c1-14(19-11-9-17-10-12-19)16(20)18-8-5-13-21-15-6-3-2-4-7-15/h2-4,6-7,14,17H,5,8-13H2,1H3,(H,18,20). The second kappa shape index (κ2) is 8.64. The molecule has 2 rings (SSSR count). The van der Waals surface area contributed by atoms with E-state index < -0.39 is 0 Å². The molecular weight excluding hydrogens is 266 g/mol. The SMILES string of the molecule is CC(C(=O)NCCCOc1ccccc1)N1CCNCC1. The molecule has 1 atom stereocenters. The van der Waals surface area contributed by atoms with E-state index in [0.29, 0.717) is 13.2 Å². The van der Waals surface area contributed by atoms with Crippen LogP contribution in [0.1, 0.15) is 13.3 Å². The summed E-state index contributed by atoms with van der Waals surface area (Å²) >= 11 is 0.